The second-order valence-corrected chi connectivity index (χ2v) is 15.2. The summed E-state index contributed by atoms with van der Waals surface area (Å²) in [5.74, 6) is 0.723. The molecule has 0 fully saturated rings. The molecule has 1 aliphatic rings. The third-order valence-corrected chi connectivity index (χ3v) is 11.7. The first-order chi connectivity index (χ1) is 25.5. The number of nitrogens with zero attached hydrogens (tertiary/aromatic N) is 3. The van der Waals surface area contributed by atoms with Gasteiger partial charge >= 0.3 is 0 Å². The lowest BCUT2D eigenvalue weighted by Crippen LogP contribution is -2.17. The molecule has 0 atom stereocenters. The molecular weight excluding hydrogens is 651 g/mol. The van der Waals surface area contributed by atoms with Gasteiger partial charge in [0.2, 0.25) is 0 Å². The molecule has 3 heterocycles. The van der Waals surface area contributed by atoms with Crippen molar-refractivity contribution in [1.82, 2.24) is 15.0 Å². The summed E-state index contributed by atoms with van der Waals surface area (Å²) >= 11 is 1.86. The molecule has 10 rings (SSSR count). The predicted octanol–water partition coefficient (Wildman–Crippen LogP) is 12.9. The summed E-state index contributed by atoms with van der Waals surface area (Å²) in [6.45, 7) is 4.60. The molecule has 0 saturated carbocycles. The van der Waals surface area contributed by atoms with E-state index in [0.29, 0.717) is 0 Å². The molecule has 0 amide bonds. The monoisotopic (exact) mass is 683 g/mol. The molecule has 3 nitrogen and oxygen atoms in total. The van der Waals surface area contributed by atoms with Crippen LogP contribution in [0.1, 0.15) is 25.0 Å². The number of benzene rings is 6. The lowest BCUT2D eigenvalue weighted by molar-refractivity contribution is 0.658. The van der Waals surface area contributed by atoms with Crippen molar-refractivity contribution < 1.29 is 0 Å². The van der Waals surface area contributed by atoms with Gasteiger partial charge in [0.05, 0.1) is 11.4 Å². The van der Waals surface area contributed by atoms with Gasteiger partial charge in [-0.15, -0.1) is 11.3 Å². The van der Waals surface area contributed by atoms with Crippen molar-refractivity contribution in [2.24, 2.45) is 0 Å². The SMILES string of the molecule is CC1(C)c2ccccc2-c2nc(-c3cccc(-c4ccncc4)c3)nc(-c3cccc(-c4cccc(-c5ccc6sc7ccccc7c6c5)c4)c3)c21. The molecule has 246 valence electrons. The molecule has 1 aliphatic carbocycles. The van der Waals surface area contributed by atoms with Gasteiger partial charge in [-0.1, -0.05) is 117 Å². The first-order valence-corrected chi connectivity index (χ1v) is 18.5. The zero-order valence-electron chi connectivity index (χ0n) is 28.8. The van der Waals surface area contributed by atoms with E-state index in [9.17, 15) is 0 Å². The molecule has 0 N–H and O–H groups in total. The van der Waals surface area contributed by atoms with E-state index in [4.69, 9.17) is 9.97 Å². The van der Waals surface area contributed by atoms with E-state index in [1.807, 2.05) is 35.9 Å². The van der Waals surface area contributed by atoms with E-state index in [0.717, 1.165) is 45.0 Å². The maximum Gasteiger partial charge on any atom is 0.160 e. The van der Waals surface area contributed by atoms with Gasteiger partial charge in [-0.2, -0.15) is 0 Å². The van der Waals surface area contributed by atoms with Crippen LogP contribution in [0.3, 0.4) is 0 Å². The maximum atomic E-state index is 5.42. The van der Waals surface area contributed by atoms with Crippen LogP contribution in [-0.2, 0) is 5.41 Å². The zero-order valence-corrected chi connectivity index (χ0v) is 29.7. The Hall–Kier alpha value is -6.23. The molecule has 0 unspecified atom stereocenters. The molecule has 52 heavy (non-hydrogen) atoms. The number of fused-ring (bicyclic) bond motifs is 6. The van der Waals surface area contributed by atoms with Crippen LogP contribution in [0.5, 0.6) is 0 Å². The summed E-state index contributed by atoms with van der Waals surface area (Å²) in [5.41, 5.74) is 14.4. The Bertz CT molecular complexity index is 2830. The third-order valence-electron chi connectivity index (χ3n) is 10.6. The minimum absolute atomic E-state index is 0.265. The van der Waals surface area contributed by atoms with Crippen molar-refractivity contribution in [3.8, 4) is 67.3 Å². The average Bonchev–Trinajstić information content (AvgIpc) is 3.69. The Morgan fingerprint density at radius 3 is 1.81 bits per heavy atom. The van der Waals surface area contributed by atoms with Gasteiger partial charge in [-0.05, 0) is 87.5 Å². The van der Waals surface area contributed by atoms with Crippen LogP contribution in [0.15, 0.2) is 164 Å². The molecule has 3 aromatic heterocycles. The third kappa shape index (κ3) is 4.98. The van der Waals surface area contributed by atoms with Crippen molar-refractivity contribution in [3.05, 3.63) is 175 Å². The van der Waals surface area contributed by atoms with Crippen LogP contribution in [-0.4, -0.2) is 15.0 Å². The molecule has 0 spiro atoms. The Balaban J connectivity index is 1.11. The number of thiophene rings is 1. The number of pyridine rings is 1. The average molecular weight is 684 g/mol. The second-order valence-electron chi connectivity index (χ2n) is 14.1. The van der Waals surface area contributed by atoms with E-state index in [1.165, 1.54) is 53.6 Å². The van der Waals surface area contributed by atoms with Crippen LogP contribution in [0.4, 0.5) is 0 Å². The molecule has 0 bridgehead atoms. The minimum atomic E-state index is -0.265. The molecule has 0 radical (unpaired) electrons. The quantitative estimate of drug-likeness (QED) is 0.181. The molecule has 0 saturated heterocycles. The molecule has 9 aromatic rings. The largest absolute Gasteiger partial charge is 0.265 e. The summed E-state index contributed by atoms with van der Waals surface area (Å²) in [6, 6.07) is 54.6. The number of rotatable bonds is 5. The van der Waals surface area contributed by atoms with Crippen molar-refractivity contribution in [2.75, 3.05) is 0 Å². The first kappa shape index (κ1) is 30.6. The summed E-state index contributed by atoms with van der Waals surface area (Å²) in [6.07, 6.45) is 3.66. The van der Waals surface area contributed by atoms with E-state index >= 15 is 0 Å². The van der Waals surface area contributed by atoms with Crippen molar-refractivity contribution in [1.29, 1.82) is 0 Å². The van der Waals surface area contributed by atoms with Gasteiger partial charge in [-0.25, -0.2) is 9.97 Å². The number of hydrogen-bond donors (Lipinski definition) is 0. The maximum absolute atomic E-state index is 5.42. The predicted molar refractivity (Wildman–Crippen MR) is 217 cm³/mol. The second kappa shape index (κ2) is 11.9. The Morgan fingerprint density at radius 1 is 0.442 bits per heavy atom. The van der Waals surface area contributed by atoms with Crippen molar-refractivity contribution >= 4 is 31.5 Å². The standard InChI is InChI=1S/C48H33N3S/c1-48(2)41-18-5-3-17-39(41)46-44(48)45(50-47(51-46)37-15-9-10-31(28-37)30-22-24-49-25-23-30)36-14-8-13-34(27-36)32-11-7-12-33(26-32)35-20-21-43-40(29-35)38-16-4-6-19-42(38)52-43/h3-29H,1-2H3. The number of aromatic nitrogens is 3. The van der Waals surface area contributed by atoms with Gasteiger partial charge < -0.3 is 0 Å². The zero-order chi connectivity index (χ0) is 34.8. The topological polar surface area (TPSA) is 38.7 Å². The Morgan fingerprint density at radius 2 is 1.02 bits per heavy atom. The van der Waals surface area contributed by atoms with Crippen LogP contribution in [0.2, 0.25) is 0 Å². The smallest absolute Gasteiger partial charge is 0.160 e. The van der Waals surface area contributed by atoms with E-state index < -0.39 is 0 Å². The van der Waals surface area contributed by atoms with Gasteiger partial charge in [0.1, 0.15) is 0 Å². The van der Waals surface area contributed by atoms with Crippen molar-refractivity contribution in [2.45, 2.75) is 19.3 Å². The van der Waals surface area contributed by atoms with Gasteiger partial charge in [0, 0.05) is 60.2 Å². The summed E-state index contributed by atoms with van der Waals surface area (Å²) in [4.78, 5) is 15.0. The van der Waals surface area contributed by atoms with E-state index in [-0.39, 0.29) is 5.41 Å². The highest BCUT2D eigenvalue weighted by molar-refractivity contribution is 7.25. The highest BCUT2D eigenvalue weighted by atomic mass is 32.1. The van der Waals surface area contributed by atoms with Crippen LogP contribution < -0.4 is 0 Å². The fraction of sp³-hybridized carbons (Fsp3) is 0.0625. The molecule has 0 aliphatic heterocycles. The molecule has 6 aromatic carbocycles. The summed E-state index contributed by atoms with van der Waals surface area (Å²) in [7, 11) is 0. The van der Waals surface area contributed by atoms with E-state index in [1.54, 1.807) is 0 Å². The van der Waals surface area contributed by atoms with Gasteiger partial charge in [0.15, 0.2) is 5.82 Å². The van der Waals surface area contributed by atoms with Crippen LogP contribution in [0, 0.1) is 0 Å². The highest BCUT2D eigenvalue weighted by Crippen LogP contribution is 2.51. The summed E-state index contributed by atoms with van der Waals surface area (Å²) < 4.78 is 2.65. The fourth-order valence-electron chi connectivity index (χ4n) is 7.97. The highest BCUT2D eigenvalue weighted by Gasteiger charge is 2.40. The fourth-order valence-corrected chi connectivity index (χ4v) is 9.05. The van der Waals surface area contributed by atoms with E-state index in [2.05, 4.69) is 158 Å². The minimum Gasteiger partial charge on any atom is -0.265 e. The van der Waals surface area contributed by atoms with Crippen LogP contribution >= 0.6 is 11.3 Å². The summed E-state index contributed by atoms with van der Waals surface area (Å²) in [5, 5.41) is 2.63. The molecule has 4 heteroatoms. The van der Waals surface area contributed by atoms with Gasteiger partial charge in [0.25, 0.3) is 0 Å². The van der Waals surface area contributed by atoms with Crippen molar-refractivity contribution in [3.63, 3.8) is 0 Å². The Labute approximate surface area is 307 Å². The Kier molecular flexibility index (Phi) is 7.02. The van der Waals surface area contributed by atoms with Gasteiger partial charge in [-0.3, -0.25) is 4.98 Å². The van der Waals surface area contributed by atoms with Crippen LogP contribution in [0.25, 0.3) is 87.5 Å². The first-order valence-electron chi connectivity index (χ1n) is 17.7. The lowest BCUT2D eigenvalue weighted by atomic mass is 9.80. The normalized spacial score (nSPS) is 13.0. The lowest BCUT2D eigenvalue weighted by Gasteiger charge is -2.24. The number of hydrogen-bond acceptors (Lipinski definition) is 4. The molecular formula is C48H33N3S.